The fraction of sp³-hybridized carbons (Fsp3) is 1.00. The third kappa shape index (κ3) is 5.21. The Kier molecular flexibility index (Phi) is 7.35. The molecule has 0 bridgehead atoms. The highest BCUT2D eigenvalue weighted by Crippen LogP contribution is 2.15. The highest BCUT2D eigenvalue weighted by molar-refractivity contribution is 4.57. The predicted octanol–water partition coefficient (Wildman–Crippen LogP) is -1.27. The fourth-order valence-corrected chi connectivity index (χ4v) is 1.04. The Morgan fingerprint density at radius 3 is 1.25 bits per heavy atom. The summed E-state index contributed by atoms with van der Waals surface area (Å²) in [4.78, 5) is 33.3. The molecule has 0 saturated heterocycles. The number of hydrogen-bond donors (Lipinski definition) is 1. The largest absolute Gasteiger partial charge is 0.637 e. The smallest absolute Gasteiger partial charge is 0.388 e. The summed E-state index contributed by atoms with van der Waals surface area (Å²) in [6.45, 7) is -5.30. The molecule has 17 heteroatoms. The van der Waals surface area contributed by atoms with E-state index in [1.54, 1.807) is 0 Å². The van der Waals surface area contributed by atoms with Crippen molar-refractivity contribution in [1.82, 2.24) is 0 Å². The normalized spacial score (nSPS) is 12.2. The zero-order valence-corrected chi connectivity index (χ0v) is 11.5. The highest BCUT2D eigenvalue weighted by atomic mass is 19.2. The Morgan fingerprint density at radius 1 is 0.792 bits per heavy atom. The Morgan fingerprint density at radius 2 is 1.04 bits per heavy atom. The van der Waals surface area contributed by atoms with E-state index in [-0.39, 0.29) is 0 Å². The monoisotopic (exact) mass is 364 g/mol. The summed E-state index contributed by atoms with van der Waals surface area (Å²) in [6.07, 6.45) is -1.78. The van der Waals surface area contributed by atoms with Crippen LogP contribution < -0.4 is 0 Å². The molecule has 0 aromatic carbocycles. The molecule has 0 spiro atoms. The Labute approximate surface area is 129 Å². The average Bonchev–Trinajstić information content (AvgIpc) is 2.45. The van der Waals surface area contributed by atoms with E-state index in [1.165, 1.54) is 0 Å². The lowest BCUT2D eigenvalue weighted by molar-refractivity contribution is -0.833. The van der Waals surface area contributed by atoms with Crippen LogP contribution in [0.2, 0.25) is 0 Å². The molecule has 0 unspecified atom stereocenters. The van der Waals surface area contributed by atoms with E-state index < -0.39 is 64.1 Å². The lowest BCUT2D eigenvalue weighted by Gasteiger charge is -2.13. The molecule has 0 aromatic rings. The van der Waals surface area contributed by atoms with Crippen LogP contribution >= 0.6 is 0 Å². The fourth-order valence-electron chi connectivity index (χ4n) is 1.04. The minimum absolute atomic E-state index is 0.969. The first-order valence-corrected chi connectivity index (χ1v) is 5.67. The van der Waals surface area contributed by atoms with Crippen molar-refractivity contribution < 1.29 is 43.1 Å². The van der Waals surface area contributed by atoms with Crippen molar-refractivity contribution in [1.29, 1.82) is 0 Å². The summed E-state index contributed by atoms with van der Waals surface area (Å²) < 4.78 is 34.9. The molecule has 1 N–H and O–H groups in total. The molecular formula is C7H10F2N4O11. The molecule has 15 nitrogen and oxygen atoms in total. The number of aliphatic hydroxyl groups excluding tert-OH is 1. The van der Waals surface area contributed by atoms with Crippen LogP contribution in [0.3, 0.4) is 0 Å². The maximum Gasteiger partial charge on any atom is 0.637 e. The van der Waals surface area contributed by atoms with Crippen molar-refractivity contribution in [2.45, 2.75) is 17.9 Å². The molecule has 0 saturated carbocycles. The van der Waals surface area contributed by atoms with Gasteiger partial charge in [0.1, 0.15) is 25.8 Å². The standard InChI is InChI=1S/C7H10F2N4O11/c8-6(10(15)16,11(17)18)3-23-1-5(14)2-24-4-7(9,12(19)20)13(21)22/h5,14H,1-4H2. The van der Waals surface area contributed by atoms with Crippen LogP contribution in [0.4, 0.5) is 8.78 Å². The van der Waals surface area contributed by atoms with Gasteiger partial charge in [0.15, 0.2) is 0 Å². The summed E-state index contributed by atoms with van der Waals surface area (Å²) in [6, 6.07) is 0. The molecule has 24 heavy (non-hydrogen) atoms. The number of alkyl halides is 2. The number of ether oxygens (including phenoxy) is 2. The van der Waals surface area contributed by atoms with Crippen molar-refractivity contribution >= 4 is 0 Å². The van der Waals surface area contributed by atoms with Crippen molar-refractivity contribution in [3.05, 3.63) is 40.5 Å². The average molecular weight is 364 g/mol. The number of nitro groups is 4. The summed E-state index contributed by atoms with van der Waals surface area (Å²) in [5.41, 5.74) is 0. The van der Waals surface area contributed by atoms with Gasteiger partial charge in [0.2, 0.25) is 13.2 Å². The summed E-state index contributed by atoms with van der Waals surface area (Å²) in [7, 11) is 0. The van der Waals surface area contributed by atoms with Gasteiger partial charge in [-0.15, -0.1) is 0 Å². The van der Waals surface area contributed by atoms with Crippen LogP contribution in [0.5, 0.6) is 0 Å². The summed E-state index contributed by atoms with van der Waals surface area (Å²) in [5, 5.41) is 50.0. The van der Waals surface area contributed by atoms with Crippen LogP contribution in [0.15, 0.2) is 0 Å². The second-order valence-electron chi connectivity index (χ2n) is 4.15. The lowest BCUT2D eigenvalue weighted by atomic mass is 10.4. The maximum atomic E-state index is 13.2. The van der Waals surface area contributed by atoms with Gasteiger partial charge in [-0.3, -0.25) is 40.5 Å². The summed E-state index contributed by atoms with van der Waals surface area (Å²) >= 11 is 0. The third-order valence-corrected chi connectivity index (χ3v) is 2.31. The highest BCUT2D eigenvalue weighted by Gasteiger charge is 2.59. The Bertz CT molecular complexity index is 445. The van der Waals surface area contributed by atoms with Crippen molar-refractivity contribution in [3.8, 4) is 0 Å². The molecule has 0 atom stereocenters. The molecule has 0 rings (SSSR count). The minimum Gasteiger partial charge on any atom is -0.388 e. The van der Waals surface area contributed by atoms with Crippen molar-refractivity contribution in [2.24, 2.45) is 0 Å². The lowest BCUT2D eigenvalue weighted by Crippen LogP contribution is -2.47. The maximum absolute atomic E-state index is 13.2. The van der Waals surface area contributed by atoms with Gasteiger partial charge in [-0.1, -0.05) is 8.78 Å². The molecule has 0 aliphatic heterocycles. The van der Waals surface area contributed by atoms with Gasteiger partial charge in [0, 0.05) is 0 Å². The molecule has 0 aliphatic carbocycles. The number of rotatable bonds is 12. The minimum atomic E-state index is -4.16. The molecule has 0 aliphatic rings. The summed E-state index contributed by atoms with van der Waals surface area (Å²) in [5.74, 6) is -8.32. The molecular weight excluding hydrogens is 354 g/mol. The van der Waals surface area contributed by atoms with Crippen LogP contribution in [0.25, 0.3) is 0 Å². The van der Waals surface area contributed by atoms with Crippen molar-refractivity contribution in [3.63, 3.8) is 0 Å². The molecule has 0 heterocycles. The van der Waals surface area contributed by atoms with E-state index >= 15 is 0 Å². The second-order valence-corrected chi connectivity index (χ2v) is 4.15. The first-order valence-electron chi connectivity index (χ1n) is 5.67. The zero-order chi connectivity index (χ0) is 19.1. The predicted molar refractivity (Wildman–Crippen MR) is 63.3 cm³/mol. The molecule has 0 amide bonds. The molecule has 0 radical (unpaired) electrons. The SMILES string of the molecule is O=[N+]([O-])C(F)(COCC(O)COCC(F)([N+](=O)[O-])[N+](=O)[O-])[N+](=O)[O-]. The molecule has 138 valence electrons. The van der Waals surface area contributed by atoms with Crippen molar-refractivity contribution in [2.75, 3.05) is 26.4 Å². The van der Waals surface area contributed by atoms with Crippen LogP contribution in [-0.2, 0) is 9.47 Å². The number of halogens is 2. The topological polar surface area (TPSA) is 211 Å². The van der Waals surface area contributed by atoms with E-state index in [1.807, 2.05) is 0 Å². The van der Waals surface area contributed by atoms with Crippen LogP contribution in [0, 0.1) is 40.5 Å². The van der Waals surface area contributed by atoms with Gasteiger partial charge in [-0.05, 0) is 0 Å². The van der Waals surface area contributed by atoms with E-state index in [2.05, 4.69) is 9.47 Å². The van der Waals surface area contributed by atoms with Gasteiger partial charge in [-0.25, -0.2) is 0 Å². The Hall–Kier alpha value is -2.66. The first-order chi connectivity index (χ1) is 10.9. The molecule has 0 aromatic heterocycles. The van der Waals surface area contributed by atoms with Gasteiger partial charge >= 0.3 is 11.8 Å². The van der Waals surface area contributed by atoms with Crippen LogP contribution in [-0.4, -0.2) is 69.2 Å². The third-order valence-electron chi connectivity index (χ3n) is 2.31. The second kappa shape index (κ2) is 8.26. The van der Waals surface area contributed by atoms with Gasteiger partial charge in [-0.2, -0.15) is 0 Å². The molecule has 0 fully saturated rings. The number of nitrogens with zero attached hydrogens (tertiary/aromatic N) is 4. The van der Waals surface area contributed by atoms with E-state index in [9.17, 15) is 54.3 Å². The zero-order valence-electron chi connectivity index (χ0n) is 11.5. The quantitative estimate of drug-likeness (QED) is 0.186. The van der Waals surface area contributed by atoms with Crippen LogP contribution in [0.1, 0.15) is 0 Å². The Balaban J connectivity index is 4.36. The van der Waals surface area contributed by atoms with E-state index in [4.69, 9.17) is 0 Å². The first kappa shape index (κ1) is 21.3. The number of hydrogen-bond acceptors (Lipinski definition) is 11. The van der Waals surface area contributed by atoms with Gasteiger partial charge < -0.3 is 14.6 Å². The van der Waals surface area contributed by atoms with E-state index in [0.717, 1.165) is 0 Å². The van der Waals surface area contributed by atoms with Gasteiger partial charge in [0.25, 0.3) is 0 Å². The van der Waals surface area contributed by atoms with E-state index in [0.29, 0.717) is 0 Å². The number of aliphatic hydroxyl groups is 1. The van der Waals surface area contributed by atoms with Gasteiger partial charge in [0.05, 0.1) is 13.2 Å².